The van der Waals surface area contributed by atoms with E-state index in [2.05, 4.69) is 31.0 Å². The number of benzene rings is 1. The molecule has 0 bridgehead atoms. The van der Waals surface area contributed by atoms with Gasteiger partial charge in [-0.05, 0) is 28.1 Å². The first-order valence-corrected chi connectivity index (χ1v) is 6.30. The minimum atomic E-state index is -0.409. The van der Waals surface area contributed by atoms with Crippen molar-refractivity contribution in [3.05, 3.63) is 46.0 Å². The van der Waals surface area contributed by atoms with E-state index in [1.54, 1.807) is 6.07 Å². The molecule has 96 valence electrons. The number of hydrogen-bond donors (Lipinski definition) is 0. The number of halogens is 3. The maximum Gasteiger partial charge on any atom is 0.256 e. The van der Waals surface area contributed by atoms with Crippen LogP contribution in [0.3, 0.4) is 0 Å². The van der Waals surface area contributed by atoms with Gasteiger partial charge in [-0.3, -0.25) is 0 Å². The summed E-state index contributed by atoms with van der Waals surface area (Å²) >= 11 is 9.14. The van der Waals surface area contributed by atoms with Crippen LogP contribution in [-0.2, 0) is 0 Å². The van der Waals surface area contributed by atoms with Crippen LogP contribution in [0.5, 0.6) is 11.6 Å². The number of nitrogens with zero attached hydrogens (tertiary/aromatic N) is 4. The fourth-order valence-corrected chi connectivity index (χ4v) is 2.00. The van der Waals surface area contributed by atoms with E-state index in [0.717, 1.165) is 0 Å². The van der Waals surface area contributed by atoms with E-state index in [-0.39, 0.29) is 5.15 Å². The van der Waals surface area contributed by atoms with Gasteiger partial charge in [-0.2, -0.15) is 19.6 Å². The quantitative estimate of drug-likeness (QED) is 0.669. The van der Waals surface area contributed by atoms with Crippen molar-refractivity contribution in [3.63, 3.8) is 0 Å². The first kappa shape index (κ1) is 12.3. The van der Waals surface area contributed by atoms with Crippen molar-refractivity contribution >= 4 is 33.3 Å². The van der Waals surface area contributed by atoms with Gasteiger partial charge in [0.05, 0.1) is 4.47 Å². The normalized spacial score (nSPS) is 10.9. The molecule has 19 heavy (non-hydrogen) atoms. The summed E-state index contributed by atoms with van der Waals surface area (Å²) in [6.07, 6.45) is 1.33. The first-order valence-electron chi connectivity index (χ1n) is 5.13. The summed E-state index contributed by atoms with van der Waals surface area (Å²) in [5, 5.41) is 4.17. The van der Waals surface area contributed by atoms with E-state index in [1.807, 2.05) is 0 Å². The number of ether oxygens (including phenoxy) is 1. The third-order valence-electron chi connectivity index (χ3n) is 2.30. The third kappa shape index (κ3) is 2.39. The van der Waals surface area contributed by atoms with Crippen LogP contribution in [0.2, 0.25) is 5.15 Å². The molecule has 0 unspecified atom stereocenters. The Morgan fingerprint density at radius 3 is 3.00 bits per heavy atom. The second-order valence-electron chi connectivity index (χ2n) is 3.57. The van der Waals surface area contributed by atoms with E-state index in [1.165, 1.54) is 29.0 Å². The molecule has 2 heterocycles. The average molecular weight is 344 g/mol. The molecule has 0 amide bonds. The van der Waals surface area contributed by atoms with Gasteiger partial charge in [-0.25, -0.2) is 4.39 Å². The molecule has 0 atom stereocenters. The zero-order valence-corrected chi connectivity index (χ0v) is 11.6. The van der Waals surface area contributed by atoms with Gasteiger partial charge < -0.3 is 4.74 Å². The molecule has 5 nitrogen and oxygen atoms in total. The van der Waals surface area contributed by atoms with Gasteiger partial charge in [-0.15, -0.1) is 0 Å². The highest BCUT2D eigenvalue weighted by atomic mass is 79.9. The van der Waals surface area contributed by atoms with Crippen LogP contribution >= 0.6 is 27.5 Å². The van der Waals surface area contributed by atoms with E-state index in [4.69, 9.17) is 16.3 Å². The lowest BCUT2D eigenvalue weighted by Crippen LogP contribution is -1.98. The molecule has 0 saturated carbocycles. The summed E-state index contributed by atoms with van der Waals surface area (Å²) < 4.78 is 20.8. The Balaban J connectivity index is 2.10. The van der Waals surface area contributed by atoms with Crippen LogP contribution < -0.4 is 4.74 Å². The van der Waals surface area contributed by atoms with Crippen LogP contribution in [0.25, 0.3) is 5.78 Å². The molecule has 2 aromatic heterocycles. The van der Waals surface area contributed by atoms with Crippen molar-refractivity contribution in [2.24, 2.45) is 0 Å². The van der Waals surface area contributed by atoms with Crippen LogP contribution in [0, 0.1) is 5.82 Å². The van der Waals surface area contributed by atoms with Crippen molar-refractivity contribution in [2.45, 2.75) is 0 Å². The van der Waals surface area contributed by atoms with Gasteiger partial charge in [0.1, 0.15) is 23.0 Å². The highest BCUT2D eigenvalue weighted by molar-refractivity contribution is 9.10. The van der Waals surface area contributed by atoms with Crippen molar-refractivity contribution in [2.75, 3.05) is 0 Å². The third-order valence-corrected chi connectivity index (χ3v) is 3.14. The van der Waals surface area contributed by atoms with Gasteiger partial charge in [0.15, 0.2) is 0 Å². The lowest BCUT2D eigenvalue weighted by atomic mass is 10.3. The summed E-state index contributed by atoms with van der Waals surface area (Å²) in [6, 6.07) is 5.59. The van der Waals surface area contributed by atoms with Crippen LogP contribution in [0.15, 0.2) is 35.1 Å². The van der Waals surface area contributed by atoms with Gasteiger partial charge in [0.2, 0.25) is 5.88 Å². The smallest absolute Gasteiger partial charge is 0.256 e. The SMILES string of the molecule is Fc1ccc(Br)c(Oc2cc(Cl)nc3ncnn23)c1. The van der Waals surface area contributed by atoms with Gasteiger partial charge in [0.25, 0.3) is 5.78 Å². The van der Waals surface area contributed by atoms with E-state index >= 15 is 0 Å². The molecule has 0 spiro atoms. The number of aromatic nitrogens is 4. The molecule has 8 heteroatoms. The lowest BCUT2D eigenvalue weighted by molar-refractivity contribution is 0.439. The standard InChI is InChI=1S/C11H5BrClFN4O/c12-7-2-1-6(14)3-8(7)19-10-4-9(13)17-11-15-5-16-18(10)11/h1-5H. The zero-order valence-electron chi connectivity index (χ0n) is 9.22. The molecule has 0 aliphatic heterocycles. The minimum Gasteiger partial charge on any atom is -0.437 e. The molecule has 3 rings (SSSR count). The Morgan fingerprint density at radius 2 is 2.16 bits per heavy atom. The maximum atomic E-state index is 13.2. The summed E-state index contributed by atoms with van der Waals surface area (Å²) in [7, 11) is 0. The highest BCUT2D eigenvalue weighted by Crippen LogP contribution is 2.30. The van der Waals surface area contributed by atoms with Crippen molar-refractivity contribution in [1.29, 1.82) is 0 Å². The van der Waals surface area contributed by atoms with Gasteiger partial charge in [0, 0.05) is 12.1 Å². The second kappa shape index (κ2) is 4.75. The molecule has 0 saturated heterocycles. The highest BCUT2D eigenvalue weighted by Gasteiger charge is 2.11. The molecular formula is C11H5BrClFN4O. The summed E-state index contributed by atoms with van der Waals surface area (Å²) in [4.78, 5) is 7.88. The first-order chi connectivity index (χ1) is 9.13. The summed E-state index contributed by atoms with van der Waals surface area (Å²) in [5.41, 5.74) is 0. The molecule has 0 aliphatic rings. The van der Waals surface area contributed by atoms with Crippen LogP contribution in [0.1, 0.15) is 0 Å². The van der Waals surface area contributed by atoms with Crippen molar-refractivity contribution in [3.8, 4) is 11.6 Å². The average Bonchev–Trinajstić information content (AvgIpc) is 2.82. The Morgan fingerprint density at radius 1 is 1.32 bits per heavy atom. The Labute approximate surface area is 120 Å². The lowest BCUT2D eigenvalue weighted by Gasteiger charge is -2.08. The molecule has 0 aliphatic carbocycles. The number of rotatable bonds is 2. The number of hydrogen-bond acceptors (Lipinski definition) is 4. The molecule has 0 radical (unpaired) electrons. The molecular weight excluding hydrogens is 339 g/mol. The number of fused-ring (bicyclic) bond motifs is 1. The Bertz CT molecular complexity index is 764. The predicted octanol–water partition coefficient (Wildman–Crippen LogP) is 3.47. The molecule has 0 N–H and O–H groups in total. The Kier molecular flexibility index (Phi) is 3.08. The summed E-state index contributed by atoms with van der Waals surface area (Å²) in [6.45, 7) is 0. The largest absolute Gasteiger partial charge is 0.437 e. The monoisotopic (exact) mass is 342 g/mol. The van der Waals surface area contributed by atoms with Crippen molar-refractivity contribution in [1.82, 2.24) is 19.6 Å². The summed E-state index contributed by atoms with van der Waals surface area (Å²) in [5.74, 6) is 0.487. The fraction of sp³-hybridized carbons (Fsp3) is 0. The Hall–Kier alpha value is -1.73. The topological polar surface area (TPSA) is 52.3 Å². The van der Waals surface area contributed by atoms with E-state index in [0.29, 0.717) is 21.9 Å². The molecule has 1 aromatic carbocycles. The fourth-order valence-electron chi connectivity index (χ4n) is 1.50. The maximum absolute atomic E-state index is 13.2. The second-order valence-corrected chi connectivity index (χ2v) is 4.81. The van der Waals surface area contributed by atoms with Crippen LogP contribution in [0.4, 0.5) is 4.39 Å². The molecule has 3 aromatic rings. The predicted molar refractivity (Wildman–Crippen MR) is 70.0 cm³/mol. The van der Waals surface area contributed by atoms with Crippen LogP contribution in [-0.4, -0.2) is 19.6 Å². The zero-order chi connectivity index (χ0) is 13.4. The van der Waals surface area contributed by atoms with Gasteiger partial charge >= 0.3 is 0 Å². The van der Waals surface area contributed by atoms with E-state index in [9.17, 15) is 4.39 Å². The van der Waals surface area contributed by atoms with Crippen molar-refractivity contribution < 1.29 is 9.13 Å². The van der Waals surface area contributed by atoms with Gasteiger partial charge in [-0.1, -0.05) is 11.6 Å². The minimum absolute atomic E-state index is 0.211. The molecule has 0 fully saturated rings. The van der Waals surface area contributed by atoms with E-state index < -0.39 is 5.82 Å².